The fourth-order valence-corrected chi connectivity index (χ4v) is 1.82. The molecule has 0 bridgehead atoms. The quantitative estimate of drug-likeness (QED) is 0.637. The minimum atomic E-state index is -1.54. The second kappa shape index (κ2) is 4.66. The fraction of sp³-hybridized carbons (Fsp3) is 0.625. The molecule has 5 heteroatoms. The summed E-state index contributed by atoms with van der Waals surface area (Å²) in [6, 6.07) is 0. The molecule has 0 aliphatic heterocycles. The molecule has 4 nitrogen and oxygen atoms in total. The van der Waals surface area contributed by atoms with Gasteiger partial charge in [-0.3, -0.25) is 0 Å². The molecule has 1 aromatic rings. The SMILES string of the molecule is CCCC(O)c1nc(C(O)O)cs1. The highest BCUT2D eigenvalue weighted by Gasteiger charge is 2.13. The summed E-state index contributed by atoms with van der Waals surface area (Å²) in [6.45, 7) is 1.97. The van der Waals surface area contributed by atoms with E-state index in [9.17, 15) is 5.11 Å². The van der Waals surface area contributed by atoms with Crippen LogP contribution in [-0.2, 0) is 0 Å². The van der Waals surface area contributed by atoms with Gasteiger partial charge < -0.3 is 15.3 Å². The summed E-state index contributed by atoms with van der Waals surface area (Å²) >= 11 is 1.24. The predicted octanol–water partition coefficient (Wildman–Crippen LogP) is 0.960. The Morgan fingerprint density at radius 1 is 1.46 bits per heavy atom. The van der Waals surface area contributed by atoms with Crippen LogP contribution in [0, 0.1) is 0 Å². The number of thiazole rings is 1. The van der Waals surface area contributed by atoms with Crippen molar-refractivity contribution in [2.75, 3.05) is 0 Å². The lowest BCUT2D eigenvalue weighted by molar-refractivity contribution is -0.0456. The molecular weight excluding hydrogens is 190 g/mol. The normalized spacial score (nSPS) is 13.6. The van der Waals surface area contributed by atoms with Crippen molar-refractivity contribution in [1.82, 2.24) is 4.98 Å². The monoisotopic (exact) mass is 203 g/mol. The molecule has 1 heterocycles. The second-order valence-electron chi connectivity index (χ2n) is 2.79. The topological polar surface area (TPSA) is 73.6 Å². The van der Waals surface area contributed by atoms with Gasteiger partial charge in [0.05, 0.1) is 0 Å². The van der Waals surface area contributed by atoms with Crippen LogP contribution in [0.1, 0.15) is 42.9 Å². The summed E-state index contributed by atoms with van der Waals surface area (Å²) in [7, 11) is 0. The first kappa shape index (κ1) is 10.6. The lowest BCUT2D eigenvalue weighted by Gasteiger charge is -2.04. The Morgan fingerprint density at radius 2 is 2.15 bits per heavy atom. The van der Waals surface area contributed by atoms with E-state index in [0.29, 0.717) is 11.4 Å². The first-order valence-corrected chi connectivity index (χ1v) is 5.02. The third-order valence-corrected chi connectivity index (χ3v) is 2.62. The van der Waals surface area contributed by atoms with Crippen LogP contribution < -0.4 is 0 Å². The first-order chi connectivity index (χ1) is 6.15. The highest BCUT2D eigenvalue weighted by Crippen LogP contribution is 2.23. The molecule has 1 atom stereocenters. The smallest absolute Gasteiger partial charge is 0.196 e. The van der Waals surface area contributed by atoms with Crippen LogP contribution in [0.3, 0.4) is 0 Å². The molecule has 1 unspecified atom stereocenters. The van der Waals surface area contributed by atoms with Gasteiger partial charge in [0, 0.05) is 5.38 Å². The summed E-state index contributed by atoms with van der Waals surface area (Å²) in [6.07, 6.45) is -0.604. The van der Waals surface area contributed by atoms with Crippen LogP contribution in [0.15, 0.2) is 5.38 Å². The third kappa shape index (κ3) is 2.73. The fourth-order valence-electron chi connectivity index (χ4n) is 0.969. The van der Waals surface area contributed by atoms with E-state index in [-0.39, 0.29) is 5.69 Å². The summed E-state index contributed by atoms with van der Waals surface area (Å²) in [4.78, 5) is 3.90. The zero-order valence-corrected chi connectivity index (χ0v) is 8.16. The summed E-state index contributed by atoms with van der Waals surface area (Å²) in [5.74, 6) is 0. The minimum absolute atomic E-state index is 0.204. The standard InChI is InChI=1S/C8H13NO3S/c1-2-3-6(10)7-9-5(4-13-7)8(11)12/h4,6,8,10-12H,2-3H2,1H3. The molecule has 0 fully saturated rings. The molecule has 0 saturated carbocycles. The molecule has 1 aromatic heterocycles. The van der Waals surface area contributed by atoms with Crippen molar-refractivity contribution >= 4 is 11.3 Å². The lowest BCUT2D eigenvalue weighted by atomic mass is 10.2. The first-order valence-electron chi connectivity index (χ1n) is 4.14. The number of aliphatic hydroxyl groups is 3. The van der Waals surface area contributed by atoms with E-state index in [2.05, 4.69) is 4.98 Å². The molecule has 1 rings (SSSR count). The number of hydrogen-bond acceptors (Lipinski definition) is 5. The highest BCUT2D eigenvalue weighted by atomic mass is 32.1. The predicted molar refractivity (Wildman–Crippen MR) is 49.2 cm³/mol. The van der Waals surface area contributed by atoms with Crippen molar-refractivity contribution in [3.63, 3.8) is 0 Å². The molecule has 0 aliphatic rings. The zero-order chi connectivity index (χ0) is 9.84. The Morgan fingerprint density at radius 3 is 2.62 bits per heavy atom. The van der Waals surface area contributed by atoms with Gasteiger partial charge in [-0.25, -0.2) is 4.98 Å². The van der Waals surface area contributed by atoms with Gasteiger partial charge in [0.1, 0.15) is 16.8 Å². The van der Waals surface area contributed by atoms with Gasteiger partial charge in [0.2, 0.25) is 0 Å². The molecule has 0 radical (unpaired) electrons. The Bertz CT molecular complexity index is 262. The highest BCUT2D eigenvalue weighted by molar-refractivity contribution is 7.09. The minimum Gasteiger partial charge on any atom is -0.386 e. The van der Waals surface area contributed by atoms with E-state index >= 15 is 0 Å². The van der Waals surface area contributed by atoms with Gasteiger partial charge >= 0.3 is 0 Å². The van der Waals surface area contributed by atoms with Crippen molar-refractivity contribution in [1.29, 1.82) is 0 Å². The molecule has 74 valence electrons. The maximum absolute atomic E-state index is 9.50. The van der Waals surface area contributed by atoms with Crippen molar-refractivity contribution < 1.29 is 15.3 Å². The number of aliphatic hydroxyl groups excluding tert-OH is 2. The Labute approximate surface area is 80.5 Å². The van der Waals surface area contributed by atoms with Crippen molar-refractivity contribution in [3.8, 4) is 0 Å². The van der Waals surface area contributed by atoms with Crippen LogP contribution >= 0.6 is 11.3 Å². The molecular formula is C8H13NO3S. The number of hydrogen-bond donors (Lipinski definition) is 3. The number of nitrogens with zero attached hydrogens (tertiary/aromatic N) is 1. The van der Waals surface area contributed by atoms with E-state index in [0.717, 1.165) is 6.42 Å². The van der Waals surface area contributed by atoms with Crippen LogP contribution in [0.2, 0.25) is 0 Å². The Kier molecular flexibility index (Phi) is 3.80. The Balaban J connectivity index is 2.67. The van der Waals surface area contributed by atoms with E-state index in [4.69, 9.17) is 10.2 Å². The van der Waals surface area contributed by atoms with Gasteiger partial charge in [-0.15, -0.1) is 11.3 Å². The molecule has 0 spiro atoms. The van der Waals surface area contributed by atoms with E-state index in [1.165, 1.54) is 11.3 Å². The maximum Gasteiger partial charge on any atom is 0.196 e. The van der Waals surface area contributed by atoms with Crippen LogP contribution in [0.25, 0.3) is 0 Å². The number of aromatic nitrogens is 1. The molecule has 13 heavy (non-hydrogen) atoms. The zero-order valence-electron chi connectivity index (χ0n) is 7.34. The van der Waals surface area contributed by atoms with Crippen molar-refractivity contribution in [2.24, 2.45) is 0 Å². The van der Waals surface area contributed by atoms with Crippen LogP contribution in [-0.4, -0.2) is 20.3 Å². The second-order valence-corrected chi connectivity index (χ2v) is 3.68. The Hall–Kier alpha value is -0.490. The molecule has 0 aromatic carbocycles. The van der Waals surface area contributed by atoms with E-state index in [1.54, 1.807) is 5.38 Å². The lowest BCUT2D eigenvalue weighted by Crippen LogP contribution is -1.99. The van der Waals surface area contributed by atoms with Gasteiger partial charge in [0.25, 0.3) is 0 Å². The van der Waals surface area contributed by atoms with E-state index < -0.39 is 12.4 Å². The van der Waals surface area contributed by atoms with Crippen molar-refractivity contribution in [3.05, 3.63) is 16.1 Å². The van der Waals surface area contributed by atoms with Crippen LogP contribution in [0.5, 0.6) is 0 Å². The average molecular weight is 203 g/mol. The molecule has 3 N–H and O–H groups in total. The van der Waals surface area contributed by atoms with Gasteiger partial charge in [-0.05, 0) is 6.42 Å². The van der Waals surface area contributed by atoms with Gasteiger partial charge in [0.15, 0.2) is 6.29 Å². The average Bonchev–Trinajstić information content (AvgIpc) is 2.52. The largest absolute Gasteiger partial charge is 0.386 e. The summed E-state index contributed by atoms with van der Waals surface area (Å²) < 4.78 is 0. The summed E-state index contributed by atoms with van der Waals surface area (Å²) in [5.41, 5.74) is 0.204. The van der Waals surface area contributed by atoms with E-state index in [1.807, 2.05) is 6.92 Å². The van der Waals surface area contributed by atoms with Gasteiger partial charge in [-0.2, -0.15) is 0 Å². The number of rotatable bonds is 4. The van der Waals surface area contributed by atoms with Gasteiger partial charge in [-0.1, -0.05) is 13.3 Å². The third-order valence-electron chi connectivity index (χ3n) is 1.65. The van der Waals surface area contributed by atoms with Crippen molar-refractivity contribution in [2.45, 2.75) is 32.2 Å². The molecule has 0 aliphatic carbocycles. The molecule has 0 saturated heterocycles. The maximum atomic E-state index is 9.50. The molecule has 0 amide bonds. The van der Waals surface area contributed by atoms with Crippen LogP contribution in [0.4, 0.5) is 0 Å². The summed E-state index contributed by atoms with van der Waals surface area (Å²) in [5, 5.41) is 29.1.